The highest BCUT2D eigenvalue weighted by atomic mass is 32.1. The topological polar surface area (TPSA) is 60.6 Å². The molecular formula is C24H30N6O2S. The molecule has 2 aliphatic rings. The van der Waals surface area contributed by atoms with Gasteiger partial charge < -0.3 is 14.4 Å². The van der Waals surface area contributed by atoms with Crippen LogP contribution in [0, 0.1) is 4.77 Å². The van der Waals surface area contributed by atoms with Crippen LogP contribution in [0.4, 0.5) is 5.82 Å². The SMILES string of the molecule is COc1ccc(-c2nn(CN3CCN(c4ccccn4)CC3)c(=S)n2C[C@H]2CCCO2)cc1. The molecule has 0 unspecified atom stereocenters. The fourth-order valence-corrected chi connectivity index (χ4v) is 4.75. The van der Waals surface area contributed by atoms with Crippen molar-refractivity contribution in [1.82, 2.24) is 24.2 Å². The highest BCUT2D eigenvalue weighted by molar-refractivity contribution is 7.71. The molecule has 0 spiro atoms. The molecular weight excluding hydrogens is 436 g/mol. The van der Waals surface area contributed by atoms with Crippen molar-refractivity contribution in [1.29, 1.82) is 0 Å². The van der Waals surface area contributed by atoms with Crippen molar-refractivity contribution in [2.45, 2.75) is 32.2 Å². The Kier molecular flexibility index (Phi) is 6.70. The molecule has 0 radical (unpaired) electrons. The summed E-state index contributed by atoms with van der Waals surface area (Å²) in [5.41, 5.74) is 1.03. The van der Waals surface area contributed by atoms with Gasteiger partial charge in [0.05, 0.1) is 26.4 Å². The van der Waals surface area contributed by atoms with E-state index in [2.05, 4.69) is 25.4 Å². The number of piperazine rings is 1. The quantitative estimate of drug-likeness (QED) is 0.494. The van der Waals surface area contributed by atoms with E-state index in [1.54, 1.807) is 7.11 Å². The predicted octanol–water partition coefficient (Wildman–Crippen LogP) is 3.44. The normalized spacial score (nSPS) is 19.2. The van der Waals surface area contributed by atoms with Gasteiger partial charge in [0.15, 0.2) is 10.6 Å². The Hall–Kier alpha value is -2.75. The summed E-state index contributed by atoms with van der Waals surface area (Å²) in [6, 6.07) is 14.1. The predicted molar refractivity (Wildman–Crippen MR) is 130 cm³/mol. The van der Waals surface area contributed by atoms with E-state index in [1.807, 2.05) is 47.3 Å². The number of hydrogen-bond donors (Lipinski definition) is 0. The van der Waals surface area contributed by atoms with Crippen molar-refractivity contribution in [2.24, 2.45) is 0 Å². The largest absolute Gasteiger partial charge is 0.497 e. The third-order valence-electron chi connectivity index (χ3n) is 6.36. The number of pyridine rings is 1. The van der Waals surface area contributed by atoms with Crippen molar-refractivity contribution in [3.8, 4) is 17.1 Å². The van der Waals surface area contributed by atoms with E-state index in [0.717, 1.165) is 79.9 Å². The van der Waals surface area contributed by atoms with Crippen LogP contribution in [0.15, 0.2) is 48.7 Å². The second-order valence-corrected chi connectivity index (χ2v) is 8.88. The van der Waals surface area contributed by atoms with Crippen molar-refractivity contribution in [2.75, 3.05) is 44.8 Å². The lowest BCUT2D eigenvalue weighted by Gasteiger charge is -2.35. The zero-order chi connectivity index (χ0) is 22.6. The van der Waals surface area contributed by atoms with Crippen LogP contribution in [0.2, 0.25) is 0 Å². The first-order valence-corrected chi connectivity index (χ1v) is 11.9. The molecule has 0 aliphatic carbocycles. The number of benzene rings is 1. The maximum absolute atomic E-state index is 5.91. The molecule has 0 N–H and O–H groups in total. The Morgan fingerprint density at radius 3 is 2.58 bits per heavy atom. The van der Waals surface area contributed by atoms with Crippen molar-refractivity contribution < 1.29 is 9.47 Å². The van der Waals surface area contributed by atoms with Gasteiger partial charge >= 0.3 is 0 Å². The van der Waals surface area contributed by atoms with Gasteiger partial charge in [-0.3, -0.25) is 9.47 Å². The van der Waals surface area contributed by atoms with Gasteiger partial charge in [0, 0.05) is 44.5 Å². The first-order chi connectivity index (χ1) is 16.2. The molecule has 4 heterocycles. The molecule has 3 aromatic rings. The van der Waals surface area contributed by atoms with E-state index < -0.39 is 0 Å². The zero-order valence-electron chi connectivity index (χ0n) is 19.0. The standard InChI is InChI=1S/C24H30N6O2S/c1-31-20-9-7-19(8-10-20)23-26-30(24(33)29(23)17-21-5-4-16-32-21)18-27-12-14-28(15-13-27)22-6-2-3-11-25-22/h2-3,6-11,21H,4-5,12-18H2,1H3/t21-/m1/s1. The van der Waals surface area contributed by atoms with Gasteiger partial charge in [-0.1, -0.05) is 6.07 Å². The van der Waals surface area contributed by atoms with E-state index >= 15 is 0 Å². The maximum atomic E-state index is 5.91. The smallest absolute Gasteiger partial charge is 0.199 e. The van der Waals surface area contributed by atoms with Crippen LogP contribution in [0.5, 0.6) is 5.75 Å². The minimum absolute atomic E-state index is 0.188. The maximum Gasteiger partial charge on any atom is 0.199 e. The first kappa shape index (κ1) is 22.1. The lowest BCUT2D eigenvalue weighted by atomic mass is 10.2. The average Bonchev–Trinajstić information content (AvgIpc) is 3.49. The highest BCUT2D eigenvalue weighted by Gasteiger charge is 2.23. The summed E-state index contributed by atoms with van der Waals surface area (Å²) < 4.78 is 16.1. The van der Waals surface area contributed by atoms with Crippen LogP contribution in [0.1, 0.15) is 12.8 Å². The van der Waals surface area contributed by atoms with Crippen LogP contribution in [0.25, 0.3) is 11.4 Å². The average molecular weight is 467 g/mol. The number of rotatable bonds is 7. The Bertz CT molecular complexity index is 1100. The number of hydrogen-bond acceptors (Lipinski definition) is 7. The highest BCUT2D eigenvalue weighted by Crippen LogP contribution is 2.24. The summed E-state index contributed by atoms with van der Waals surface area (Å²) >= 11 is 5.90. The van der Waals surface area contributed by atoms with Crippen LogP contribution in [-0.2, 0) is 18.0 Å². The third kappa shape index (κ3) is 4.95. The van der Waals surface area contributed by atoms with Crippen molar-refractivity contribution in [3.05, 3.63) is 53.4 Å². The molecule has 2 saturated heterocycles. The molecule has 1 atom stereocenters. The fraction of sp³-hybridized carbons (Fsp3) is 0.458. The summed E-state index contributed by atoms with van der Waals surface area (Å²) in [6.07, 6.45) is 4.20. The van der Waals surface area contributed by atoms with Crippen LogP contribution >= 0.6 is 12.2 Å². The van der Waals surface area contributed by atoms with E-state index in [1.165, 1.54) is 0 Å². The number of nitrogens with zero attached hydrogens (tertiary/aromatic N) is 6. The molecule has 2 aromatic heterocycles. The minimum atomic E-state index is 0.188. The van der Waals surface area contributed by atoms with Gasteiger partial charge in [-0.25, -0.2) is 9.67 Å². The number of anilines is 1. The minimum Gasteiger partial charge on any atom is -0.497 e. The molecule has 0 amide bonds. The van der Waals surface area contributed by atoms with Crippen LogP contribution in [0.3, 0.4) is 0 Å². The van der Waals surface area contributed by atoms with E-state index in [4.69, 9.17) is 26.8 Å². The lowest BCUT2D eigenvalue weighted by Crippen LogP contribution is -2.47. The Labute approximate surface area is 199 Å². The van der Waals surface area contributed by atoms with Crippen molar-refractivity contribution in [3.63, 3.8) is 0 Å². The molecule has 33 heavy (non-hydrogen) atoms. The summed E-state index contributed by atoms with van der Waals surface area (Å²) in [4.78, 5) is 9.21. The molecule has 0 bridgehead atoms. The molecule has 8 nitrogen and oxygen atoms in total. The number of methoxy groups -OCH3 is 1. The van der Waals surface area contributed by atoms with Gasteiger partial charge in [0.1, 0.15) is 11.6 Å². The first-order valence-electron chi connectivity index (χ1n) is 11.5. The third-order valence-corrected chi connectivity index (χ3v) is 6.79. The Morgan fingerprint density at radius 2 is 1.91 bits per heavy atom. The van der Waals surface area contributed by atoms with Crippen molar-refractivity contribution >= 4 is 18.0 Å². The monoisotopic (exact) mass is 466 g/mol. The molecule has 9 heteroatoms. The molecule has 0 saturated carbocycles. The number of ether oxygens (including phenoxy) is 2. The van der Waals surface area contributed by atoms with E-state index in [-0.39, 0.29) is 6.10 Å². The second-order valence-electron chi connectivity index (χ2n) is 8.51. The summed E-state index contributed by atoms with van der Waals surface area (Å²) in [7, 11) is 1.68. The fourth-order valence-electron chi connectivity index (χ4n) is 4.49. The number of aromatic nitrogens is 4. The summed E-state index contributed by atoms with van der Waals surface area (Å²) in [5, 5.41) is 4.96. The second kappa shape index (κ2) is 10.0. The van der Waals surface area contributed by atoms with Gasteiger partial charge in [0.25, 0.3) is 0 Å². The molecule has 5 rings (SSSR count). The van der Waals surface area contributed by atoms with Gasteiger partial charge in [0.2, 0.25) is 0 Å². The molecule has 2 aliphatic heterocycles. The van der Waals surface area contributed by atoms with E-state index in [0.29, 0.717) is 6.67 Å². The molecule has 2 fully saturated rings. The Balaban J connectivity index is 1.35. The zero-order valence-corrected chi connectivity index (χ0v) is 19.8. The van der Waals surface area contributed by atoms with Crippen LogP contribution < -0.4 is 9.64 Å². The van der Waals surface area contributed by atoms with Gasteiger partial charge in [-0.05, 0) is 61.5 Å². The lowest BCUT2D eigenvalue weighted by molar-refractivity contribution is 0.0966. The Morgan fingerprint density at radius 1 is 1.09 bits per heavy atom. The molecule has 174 valence electrons. The summed E-state index contributed by atoms with van der Waals surface area (Å²) in [5.74, 6) is 2.75. The summed E-state index contributed by atoms with van der Waals surface area (Å²) in [6.45, 7) is 5.98. The van der Waals surface area contributed by atoms with Gasteiger partial charge in [-0.15, -0.1) is 0 Å². The van der Waals surface area contributed by atoms with E-state index in [9.17, 15) is 0 Å². The molecule has 1 aromatic carbocycles. The van der Waals surface area contributed by atoms with Gasteiger partial charge in [-0.2, -0.15) is 5.10 Å². The van der Waals surface area contributed by atoms with Crippen LogP contribution in [-0.4, -0.2) is 70.2 Å².